The fourth-order valence-corrected chi connectivity index (χ4v) is 8.84. The Bertz CT molecular complexity index is 1100. The minimum absolute atomic E-state index is 0.307. The van der Waals surface area contributed by atoms with E-state index in [1.54, 1.807) is 0 Å². The standard InChI is InChI=1S/C36H55N5OS2/c1-31-28-40(43-36-18-16-33(17-19-36)37(2)3)24-10-22-38(30-32-12-6-4-7-13-32)23-11-25-41(29-31)44-39-26-20-35(21-27-39)42-34-14-8-5-9-15-34/h5,8-9,14-19,32,35H,1,4,6-7,10-13,20-30H2,2-3H3. The predicted octanol–water partition coefficient (Wildman–Crippen LogP) is 7.70. The lowest BCUT2D eigenvalue weighted by Crippen LogP contribution is -2.39. The molecule has 0 atom stereocenters. The van der Waals surface area contributed by atoms with E-state index in [1.807, 2.05) is 30.1 Å². The molecule has 2 aromatic carbocycles. The fourth-order valence-electron chi connectivity index (χ4n) is 6.67. The molecule has 3 aliphatic rings. The number of para-hydroxylation sites is 1. The molecule has 0 radical (unpaired) electrons. The Morgan fingerprint density at radius 1 is 0.727 bits per heavy atom. The van der Waals surface area contributed by atoms with Gasteiger partial charge in [0.25, 0.3) is 0 Å². The average Bonchev–Trinajstić information content (AvgIpc) is 3.02. The molecule has 242 valence electrons. The largest absolute Gasteiger partial charge is 0.490 e. The van der Waals surface area contributed by atoms with Crippen LogP contribution in [0.4, 0.5) is 5.69 Å². The van der Waals surface area contributed by atoms with Crippen molar-refractivity contribution in [1.29, 1.82) is 0 Å². The van der Waals surface area contributed by atoms with Crippen LogP contribution in [-0.2, 0) is 0 Å². The Morgan fingerprint density at radius 3 is 2.07 bits per heavy atom. The zero-order chi connectivity index (χ0) is 30.6. The maximum absolute atomic E-state index is 6.28. The van der Waals surface area contributed by atoms with Gasteiger partial charge in [0.2, 0.25) is 0 Å². The molecule has 2 saturated heterocycles. The maximum atomic E-state index is 6.28. The molecule has 6 nitrogen and oxygen atoms in total. The second-order valence-electron chi connectivity index (χ2n) is 13.1. The number of ether oxygens (including phenoxy) is 1. The first-order valence-corrected chi connectivity index (χ1v) is 18.5. The summed E-state index contributed by atoms with van der Waals surface area (Å²) >= 11 is 3.85. The number of hydrogen-bond acceptors (Lipinski definition) is 8. The van der Waals surface area contributed by atoms with Crippen molar-refractivity contribution in [2.45, 2.75) is 68.8 Å². The maximum Gasteiger partial charge on any atom is 0.119 e. The molecule has 5 rings (SSSR count). The van der Waals surface area contributed by atoms with E-state index in [0.717, 1.165) is 63.8 Å². The molecule has 2 aromatic rings. The summed E-state index contributed by atoms with van der Waals surface area (Å²) in [5, 5.41) is 0. The van der Waals surface area contributed by atoms with Crippen molar-refractivity contribution in [3.63, 3.8) is 0 Å². The molecule has 0 bridgehead atoms. The minimum Gasteiger partial charge on any atom is -0.490 e. The fraction of sp³-hybridized carbons (Fsp3) is 0.611. The number of anilines is 1. The summed E-state index contributed by atoms with van der Waals surface area (Å²) in [6.07, 6.45) is 12.0. The first-order valence-electron chi connectivity index (χ1n) is 17.0. The van der Waals surface area contributed by atoms with Crippen molar-refractivity contribution < 1.29 is 4.74 Å². The van der Waals surface area contributed by atoms with Crippen LogP contribution in [0.2, 0.25) is 0 Å². The normalized spacial score (nSPS) is 21.9. The van der Waals surface area contributed by atoms with Gasteiger partial charge in [-0.1, -0.05) is 44.0 Å². The summed E-state index contributed by atoms with van der Waals surface area (Å²) < 4.78 is 14.0. The highest BCUT2D eigenvalue weighted by atomic mass is 32.2. The Hall–Kier alpha value is -1.68. The van der Waals surface area contributed by atoms with Crippen molar-refractivity contribution in [3.05, 3.63) is 66.7 Å². The van der Waals surface area contributed by atoms with Crippen molar-refractivity contribution in [3.8, 4) is 5.75 Å². The van der Waals surface area contributed by atoms with Gasteiger partial charge in [-0.25, -0.2) is 12.9 Å². The molecular weight excluding hydrogens is 583 g/mol. The lowest BCUT2D eigenvalue weighted by atomic mass is 9.89. The number of benzene rings is 2. The molecular formula is C36H55N5OS2. The summed E-state index contributed by atoms with van der Waals surface area (Å²) in [4.78, 5) is 6.27. The second-order valence-corrected chi connectivity index (χ2v) is 15.5. The van der Waals surface area contributed by atoms with Crippen molar-refractivity contribution >= 4 is 29.8 Å². The van der Waals surface area contributed by atoms with Gasteiger partial charge in [0.1, 0.15) is 11.9 Å². The van der Waals surface area contributed by atoms with E-state index in [2.05, 4.69) is 91.9 Å². The number of rotatable bonds is 9. The van der Waals surface area contributed by atoms with Crippen LogP contribution in [0.25, 0.3) is 0 Å². The van der Waals surface area contributed by atoms with Gasteiger partial charge in [-0.2, -0.15) is 0 Å². The Kier molecular flexibility index (Phi) is 13.7. The predicted molar refractivity (Wildman–Crippen MR) is 190 cm³/mol. The summed E-state index contributed by atoms with van der Waals surface area (Å²) in [5.41, 5.74) is 2.55. The topological polar surface area (TPSA) is 25.4 Å². The molecule has 1 aliphatic carbocycles. The van der Waals surface area contributed by atoms with Crippen LogP contribution >= 0.6 is 24.1 Å². The highest BCUT2D eigenvalue weighted by Crippen LogP contribution is 2.30. The first kappa shape index (κ1) is 33.7. The van der Waals surface area contributed by atoms with Crippen LogP contribution in [0.1, 0.15) is 57.8 Å². The quantitative estimate of drug-likeness (QED) is 0.204. The Balaban J connectivity index is 1.19. The Labute approximate surface area is 276 Å². The van der Waals surface area contributed by atoms with Gasteiger partial charge in [-0.05, 0) is 111 Å². The first-order chi connectivity index (χ1) is 21.5. The summed E-state index contributed by atoms with van der Waals surface area (Å²) in [5.74, 6) is 1.88. The van der Waals surface area contributed by atoms with Gasteiger partial charge >= 0.3 is 0 Å². The highest BCUT2D eigenvalue weighted by molar-refractivity contribution is 7.97. The van der Waals surface area contributed by atoms with Gasteiger partial charge in [0.05, 0.1) is 0 Å². The third kappa shape index (κ3) is 11.3. The summed E-state index contributed by atoms with van der Waals surface area (Å²) in [7, 11) is 4.21. The highest BCUT2D eigenvalue weighted by Gasteiger charge is 2.25. The molecule has 0 amide bonds. The molecule has 0 spiro atoms. The number of piperidine rings is 1. The van der Waals surface area contributed by atoms with E-state index in [0.29, 0.717) is 6.10 Å². The zero-order valence-corrected chi connectivity index (χ0v) is 28.9. The summed E-state index contributed by atoms with van der Waals surface area (Å²) in [6.45, 7) is 14.4. The van der Waals surface area contributed by atoms with Gasteiger partial charge in [-0.3, -0.25) is 0 Å². The van der Waals surface area contributed by atoms with Gasteiger partial charge in [0, 0.05) is 82.6 Å². The van der Waals surface area contributed by atoms with Crippen LogP contribution in [0.15, 0.2) is 71.6 Å². The van der Waals surface area contributed by atoms with Crippen LogP contribution in [0.5, 0.6) is 5.75 Å². The number of nitrogens with zero attached hydrogens (tertiary/aromatic N) is 5. The number of hydrogen-bond donors (Lipinski definition) is 0. The average molecular weight is 638 g/mol. The van der Waals surface area contributed by atoms with E-state index in [4.69, 9.17) is 4.74 Å². The van der Waals surface area contributed by atoms with E-state index in [-0.39, 0.29) is 0 Å². The van der Waals surface area contributed by atoms with E-state index in [1.165, 1.54) is 80.7 Å². The molecule has 2 aliphatic heterocycles. The third-order valence-corrected chi connectivity index (χ3v) is 11.3. The van der Waals surface area contributed by atoms with Crippen molar-refractivity contribution in [1.82, 2.24) is 17.8 Å². The van der Waals surface area contributed by atoms with Gasteiger partial charge in [-0.15, -0.1) is 0 Å². The smallest absolute Gasteiger partial charge is 0.119 e. The second kappa shape index (κ2) is 17.9. The molecule has 44 heavy (non-hydrogen) atoms. The van der Waals surface area contributed by atoms with E-state index >= 15 is 0 Å². The molecule has 0 N–H and O–H groups in total. The Morgan fingerprint density at radius 2 is 1.39 bits per heavy atom. The molecule has 2 heterocycles. The van der Waals surface area contributed by atoms with Crippen LogP contribution in [-0.4, -0.2) is 96.9 Å². The van der Waals surface area contributed by atoms with Crippen LogP contribution in [0.3, 0.4) is 0 Å². The summed E-state index contributed by atoms with van der Waals surface area (Å²) in [6, 6.07) is 19.3. The van der Waals surface area contributed by atoms with Crippen molar-refractivity contribution in [2.75, 3.05) is 77.9 Å². The van der Waals surface area contributed by atoms with E-state index < -0.39 is 0 Å². The molecule has 0 unspecified atom stereocenters. The molecule has 8 heteroatoms. The lowest BCUT2D eigenvalue weighted by molar-refractivity contribution is 0.137. The molecule has 1 saturated carbocycles. The third-order valence-electron chi connectivity index (χ3n) is 9.07. The monoisotopic (exact) mass is 637 g/mol. The zero-order valence-electron chi connectivity index (χ0n) is 27.2. The minimum atomic E-state index is 0.307. The molecule has 3 fully saturated rings. The van der Waals surface area contributed by atoms with Crippen molar-refractivity contribution in [2.24, 2.45) is 5.92 Å². The van der Waals surface area contributed by atoms with Gasteiger partial charge in [0.15, 0.2) is 0 Å². The van der Waals surface area contributed by atoms with Crippen LogP contribution < -0.4 is 9.64 Å². The molecule has 0 aromatic heterocycles. The van der Waals surface area contributed by atoms with Gasteiger partial charge < -0.3 is 14.5 Å². The van der Waals surface area contributed by atoms with E-state index in [9.17, 15) is 0 Å². The SMILES string of the molecule is C=C1CN(Sc2ccc(N(C)C)cc2)CCCN(CC2CCCCC2)CCCN(SN2CCC(Oc3ccccc3)CC2)C1. The van der Waals surface area contributed by atoms with Crippen LogP contribution in [0, 0.1) is 5.92 Å². The lowest BCUT2D eigenvalue weighted by Gasteiger charge is -2.36.